The summed E-state index contributed by atoms with van der Waals surface area (Å²) in [5, 5.41) is 29.5. The van der Waals surface area contributed by atoms with E-state index in [-0.39, 0.29) is 25.6 Å². The zero-order valence-corrected chi connectivity index (χ0v) is 20.7. The van der Waals surface area contributed by atoms with Crippen molar-refractivity contribution in [2.45, 2.75) is 38.1 Å². The minimum absolute atomic E-state index is 0.0630. The van der Waals surface area contributed by atoms with Crippen LogP contribution in [0.3, 0.4) is 0 Å². The average molecular weight is 522 g/mol. The lowest BCUT2D eigenvalue weighted by Crippen LogP contribution is -2.42. The number of hydrogen-bond acceptors (Lipinski definition) is 6. The third kappa shape index (κ3) is 6.36. The van der Waals surface area contributed by atoms with Gasteiger partial charge in [-0.15, -0.1) is 0 Å². The van der Waals surface area contributed by atoms with Gasteiger partial charge in [-0.2, -0.15) is 13.2 Å². The van der Waals surface area contributed by atoms with Crippen molar-refractivity contribution in [1.82, 2.24) is 4.90 Å². The molecule has 1 unspecified atom stereocenters. The predicted octanol–water partition coefficient (Wildman–Crippen LogP) is 2.81. The van der Waals surface area contributed by atoms with Crippen molar-refractivity contribution in [3.63, 3.8) is 0 Å². The number of ether oxygens (including phenoxy) is 2. The summed E-state index contributed by atoms with van der Waals surface area (Å²) in [7, 11) is 1.47. The second-order valence-corrected chi connectivity index (χ2v) is 9.23. The Balaban J connectivity index is 1.79. The van der Waals surface area contributed by atoms with E-state index in [1.165, 1.54) is 24.1 Å². The van der Waals surface area contributed by atoms with Crippen molar-refractivity contribution in [1.29, 1.82) is 0 Å². The molecule has 0 saturated carbocycles. The molecule has 10 heteroatoms. The molecule has 1 aliphatic heterocycles. The Bertz CT molecular complexity index is 1160. The zero-order valence-electron chi connectivity index (χ0n) is 20.7. The van der Waals surface area contributed by atoms with Gasteiger partial charge in [-0.25, -0.2) is 0 Å². The monoisotopic (exact) mass is 521 g/mol. The van der Waals surface area contributed by atoms with Crippen molar-refractivity contribution in [2.75, 3.05) is 33.4 Å². The van der Waals surface area contributed by atoms with Crippen molar-refractivity contribution in [3.05, 3.63) is 59.2 Å². The molecule has 7 nitrogen and oxygen atoms in total. The minimum Gasteiger partial charge on any atom is -0.493 e. The molecule has 1 fully saturated rings. The number of carbonyl (C=O) groups is 1. The smallest absolute Gasteiger partial charge is 0.416 e. The van der Waals surface area contributed by atoms with Crippen LogP contribution in [0.4, 0.5) is 13.2 Å². The molecule has 4 atom stereocenters. The fourth-order valence-corrected chi connectivity index (χ4v) is 4.40. The highest BCUT2D eigenvalue weighted by molar-refractivity contribution is 5.81. The first-order chi connectivity index (χ1) is 17.4. The highest BCUT2D eigenvalue weighted by Crippen LogP contribution is 2.47. The number of hydrogen-bond donors (Lipinski definition) is 3. The van der Waals surface area contributed by atoms with Crippen LogP contribution >= 0.6 is 0 Å². The molecule has 0 bridgehead atoms. The number of alkyl halides is 3. The molecular formula is C27H30F3NO6. The molecule has 0 aliphatic carbocycles. The molecule has 2 aromatic rings. The van der Waals surface area contributed by atoms with E-state index in [1.54, 1.807) is 25.1 Å². The molecule has 1 saturated heterocycles. The Kier molecular flexibility index (Phi) is 8.74. The van der Waals surface area contributed by atoms with Gasteiger partial charge in [-0.3, -0.25) is 4.79 Å². The second kappa shape index (κ2) is 11.4. The van der Waals surface area contributed by atoms with E-state index in [9.17, 15) is 28.2 Å². The second-order valence-electron chi connectivity index (χ2n) is 9.23. The maximum atomic E-state index is 12.7. The van der Waals surface area contributed by atoms with E-state index in [0.717, 1.165) is 17.7 Å². The highest BCUT2D eigenvalue weighted by Gasteiger charge is 2.49. The molecular weight excluding hydrogens is 491 g/mol. The van der Waals surface area contributed by atoms with E-state index in [4.69, 9.17) is 14.6 Å². The Morgan fingerprint density at radius 3 is 2.43 bits per heavy atom. The summed E-state index contributed by atoms with van der Waals surface area (Å²) in [4.78, 5) is 13.9. The Labute approximate surface area is 213 Å². The first-order valence-corrected chi connectivity index (χ1v) is 11.6. The van der Waals surface area contributed by atoms with Gasteiger partial charge < -0.3 is 29.7 Å². The third-order valence-corrected chi connectivity index (χ3v) is 6.79. The predicted molar refractivity (Wildman–Crippen MR) is 129 cm³/mol. The van der Waals surface area contributed by atoms with Crippen LogP contribution in [0.15, 0.2) is 42.5 Å². The van der Waals surface area contributed by atoms with Crippen molar-refractivity contribution in [2.24, 2.45) is 5.41 Å². The maximum Gasteiger partial charge on any atom is 0.416 e. The lowest BCUT2D eigenvalue weighted by Gasteiger charge is -2.34. The van der Waals surface area contributed by atoms with Gasteiger partial charge in [0, 0.05) is 30.0 Å². The quantitative estimate of drug-likeness (QED) is 0.485. The van der Waals surface area contributed by atoms with Gasteiger partial charge in [-0.05, 0) is 48.9 Å². The molecule has 3 rings (SSSR count). The fraction of sp³-hybridized carbons (Fsp3) is 0.444. The first kappa shape index (κ1) is 28.3. The summed E-state index contributed by atoms with van der Waals surface area (Å²) < 4.78 is 49.3. The summed E-state index contributed by atoms with van der Waals surface area (Å²) in [6, 6.07) is 9.74. The van der Waals surface area contributed by atoms with Crippen molar-refractivity contribution >= 4 is 5.91 Å². The van der Waals surface area contributed by atoms with E-state index in [0.29, 0.717) is 17.1 Å². The maximum absolute atomic E-state index is 12.7. The number of methoxy groups -OCH3 is 1. The fourth-order valence-electron chi connectivity index (χ4n) is 4.40. The van der Waals surface area contributed by atoms with Crippen LogP contribution in [-0.2, 0) is 11.0 Å². The molecule has 1 heterocycles. The molecule has 3 N–H and O–H groups in total. The number of aliphatic hydroxyl groups is 3. The van der Waals surface area contributed by atoms with Crippen LogP contribution in [0.5, 0.6) is 11.5 Å². The first-order valence-electron chi connectivity index (χ1n) is 11.6. The molecule has 0 radical (unpaired) electrons. The summed E-state index contributed by atoms with van der Waals surface area (Å²) >= 11 is 0. The highest BCUT2D eigenvalue weighted by atomic mass is 19.4. The van der Waals surface area contributed by atoms with Gasteiger partial charge in [0.15, 0.2) is 17.6 Å². The molecule has 0 spiro atoms. The average Bonchev–Trinajstić information content (AvgIpc) is 3.24. The number of benzene rings is 2. The molecule has 0 aromatic heterocycles. The van der Waals surface area contributed by atoms with Gasteiger partial charge in [0.1, 0.15) is 6.61 Å². The summed E-state index contributed by atoms with van der Waals surface area (Å²) in [6.07, 6.45) is -6.74. The van der Waals surface area contributed by atoms with Crippen molar-refractivity contribution < 1.29 is 42.8 Å². The Morgan fingerprint density at radius 1 is 1.19 bits per heavy atom. The normalized spacial score (nSPS) is 21.1. The van der Waals surface area contributed by atoms with Crippen LogP contribution < -0.4 is 9.47 Å². The number of amides is 1. The molecule has 37 heavy (non-hydrogen) atoms. The van der Waals surface area contributed by atoms with Gasteiger partial charge >= 0.3 is 6.18 Å². The van der Waals surface area contributed by atoms with Gasteiger partial charge in [-0.1, -0.05) is 24.8 Å². The van der Waals surface area contributed by atoms with E-state index >= 15 is 0 Å². The van der Waals surface area contributed by atoms with Gasteiger partial charge in [0.05, 0.1) is 25.4 Å². The van der Waals surface area contributed by atoms with Crippen LogP contribution in [0.25, 0.3) is 0 Å². The van der Waals surface area contributed by atoms with Crippen molar-refractivity contribution in [3.8, 4) is 23.3 Å². The molecule has 200 valence electrons. The largest absolute Gasteiger partial charge is 0.493 e. The number of likely N-dealkylation sites (tertiary alicyclic amines) is 1. The number of nitrogens with zero attached hydrogens (tertiary/aromatic N) is 1. The molecule has 1 amide bonds. The molecule has 1 aliphatic rings. The Morgan fingerprint density at radius 2 is 1.86 bits per heavy atom. The lowest BCUT2D eigenvalue weighted by atomic mass is 9.72. The van der Waals surface area contributed by atoms with Gasteiger partial charge in [0.2, 0.25) is 0 Å². The minimum atomic E-state index is -4.41. The summed E-state index contributed by atoms with van der Waals surface area (Å²) in [5.74, 6) is 5.41. The van der Waals surface area contributed by atoms with Crippen LogP contribution in [-0.4, -0.2) is 71.7 Å². The lowest BCUT2D eigenvalue weighted by molar-refractivity contribution is -0.141. The number of rotatable bonds is 7. The van der Waals surface area contributed by atoms with Crippen LogP contribution in [0.1, 0.15) is 36.5 Å². The van der Waals surface area contributed by atoms with E-state index < -0.39 is 41.9 Å². The number of halogens is 3. The van der Waals surface area contributed by atoms with E-state index in [2.05, 4.69) is 11.8 Å². The van der Waals surface area contributed by atoms with E-state index in [1.807, 2.05) is 6.92 Å². The number of carbonyl (C=O) groups excluding carboxylic acids is 1. The zero-order chi connectivity index (χ0) is 27.4. The Hall–Kier alpha value is -3.26. The van der Waals surface area contributed by atoms with Gasteiger partial charge in [0.25, 0.3) is 5.91 Å². The van der Waals surface area contributed by atoms with Crippen LogP contribution in [0, 0.1) is 17.3 Å². The summed E-state index contributed by atoms with van der Waals surface area (Å²) in [6.45, 7) is 3.14. The SMILES string of the molecule is COc1ccc([C@@H]2CN(C(=O)C(O)CO)C[C@@]2(C)[C@@H](C)O)cc1OCC#Cc1ccc(C(F)(F)F)cc1. The topological polar surface area (TPSA) is 99.5 Å². The number of aliphatic hydroxyl groups excluding tert-OH is 3. The van der Waals surface area contributed by atoms with Crippen LogP contribution in [0.2, 0.25) is 0 Å². The standard InChI is InChI=1S/C27H30F3NO6/c1-17(33)26(2)16-31(25(35)22(34)15-32)14-21(26)19-8-11-23(36-3)24(13-19)37-12-4-5-18-6-9-20(10-7-18)27(28,29)30/h6-11,13,17,21-22,32-34H,12,14-16H2,1-3H3/t17-,21+,22?,26+/m1/s1. The third-order valence-electron chi connectivity index (χ3n) is 6.79. The summed E-state index contributed by atoms with van der Waals surface area (Å²) in [5.41, 5.74) is -0.313. The molecule has 2 aromatic carbocycles.